The van der Waals surface area contributed by atoms with E-state index in [1.54, 1.807) is 0 Å². The molecular weight excluding hydrogens is 194 g/mol. The number of aromatic nitrogens is 2. The van der Waals surface area contributed by atoms with Gasteiger partial charge in [0.25, 0.3) is 0 Å². The fraction of sp³-hybridized carbons (Fsp3) is 0.600. The molecule has 1 N–H and O–H groups in total. The smallest absolute Gasteiger partial charge is 0.125 e. The molecule has 0 amide bonds. The minimum Gasteiger partial charge on any atom is -0.312 e. The Hall–Kier alpha value is -0.610. The minimum atomic E-state index is 0.586. The first-order valence-electron chi connectivity index (χ1n) is 4.94. The first-order valence-corrected chi connectivity index (χ1v) is 6.10. The zero-order chi connectivity index (χ0) is 9.80. The molecule has 1 unspecified atom stereocenters. The van der Waals surface area contributed by atoms with E-state index in [0.29, 0.717) is 6.04 Å². The predicted molar refractivity (Wildman–Crippen MR) is 59.6 cm³/mol. The second kappa shape index (κ2) is 4.75. The molecule has 0 bridgehead atoms. The number of rotatable bonds is 2. The lowest BCUT2D eigenvalue weighted by atomic mass is 10.1. The van der Waals surface area contributed by atoms with Gasteiger partial charge in [-0.25, -0.2) is 9.97 Å². The second-order valence-electron chi connectivity index (χ2n) is 3.53. The van der Waals surface area contributed by atoms with Gasteiger partial charge >= 0.3 is 0 Å². The fourth-order valence-corrected chi connectivity index (χ4v) is 2.57. The highest BCUT2D eigenvalue weighted by Crippen LogP contribution is 2.11. The molecule has 1 aliphatic heterocycles. The molecule has 0 saturated carbocycles. The zero-order valence-corrected chi connectivity index (χ0v) is 9.18. The first-order chi connectivity index (χ1) is 6.84. The van der Waals surface area contributed by atoms with E-state index in [-0.39, 0.29) is 0 Å². The van der Waals surface area contributed by atoms with Gasteiger partial charge in [-0.1, -0.05) is 0 Å². The molecule has 1 aliphatic rings. The summed E-state index contributed by atoms with van der Waals surface area (Å²) in [5.74, 6) is 3.30. The third kappa shape index (κ3) is 2.69. The maximum atomic E-state index is 4.41. The number of thioether (sulfide) groups is 1. The van der Waals surface area contributed by atoms with Crippen LogP contribution in [0.15, 0.2) is 12.3 Å². The molecule has 1 saturated heterocycles. The molecule has 1 aromatic heterocycles. The molecule has 0 aliphatic carbocycles. The summed E-state index contributed by atoms with van der Waals surface area (Å²) in [6.07, 6.45) is 2.87. The van der Waals surface area contributed by atoms with Crippen LogP contribution < -0.4 is 5.32 Å². The third-order valence-corrected chi connectivity index (χ3v) is 3.42. The van der Waals surface area contributed by atoms with Crippen molar-refractivity contribution in [3.8, 4) is 0 Å². The van der Waals surface area contributed by atoms with Gasteiger partial charge < -0.3 is 5.32 Å². The van der Waals surface area contributed by atoms with Crippen molar-refractivity contribution < 1.29 is 0 Å². The Bertz CT molecular complexity index is 297. The van der Waals surface area contributed by atoms with Gasteiger partial charge in [0.1, 0.15) is 5.82 Å². The summed E-state index contributed by atoms with van der Waals surface area (Å²) in [4.78, 5) is 8.50. The van der Waals surface area contributed by atoms with E-state index < -0.39 is 0 Å². The van der Waals surface area contributed by atoms with Crippen molar-refractivity contribution in [3.05, 3.63) is 23.8 Å². The highest BCUT2D eigenvalue weighted by atomic mass is 32.2. The van der Waals surface area contributed by atoms with Crippen LogP contribution in [0, 0.1) is 6.92 Å². The quantitative estimate of drug-likeness (QED) is 0.789. The van der Waals surface area contributed by atoms with Crippen LogP contribution in [0.4, 0.5) is 0 Å². The summed E-state index contributed by atoms with van der Waals surface area (Å²) in [6, 6.07) is 2.59. The third-order valence-electron chi connectivity index (χ3n) is 2.29. The van der Waals surface area contributed by atoms with Crippen molar-refractivity contribution in [2.45, 2.75) is 19.4 Å². The van der Waals surface area contributed by atoms with Crippen molar-refractivity contribution in [1.82, 2.24) is 15.3 Å². The maximum absolute atomic E-state index is 4.41. The lowest BCUT2D eigenvalue weighted by Gasteiger charge is -2.22. The van der Waals surface area contributed by atoms with Crippen molar-refractivity contribution in [2.24, 2.45) is 0 Å². The molecule has 0 spiro atoms. The van der Waals surface area contributed by atoms with Gasteiger partial charge in [-0.2, -0.15) is 11.8 Å². The average Bonchev–Trinajstić information content (AvgIpc) is 2.19. The Kier molecular flexibility index (Phi) is 3.37. The van der Waals surface area contributed by atoms with Crippen LogP contribution >= 0.6 is 11.8 Å². The van der Waals surface area contributed by atoms with Crippen molar-refractivity contribution in [3.63, 3.8) is 0 Å². The molecule has 14 heavy (non-hydrogen) atoms. The Morgan fingerprint density at radius 1 is 1.64 bits per heavy atom. The summed E-state index contributed by atoms with van der Waals surface area (Å²) in [5.41, 5.74) is 1.15. The number of nitrogens with one attached hydrogen (secondary N) is 1. The number of nitrogens with zero attached hydrogens (tertiary/aromatic N) is 2. The van der Waals surface area contributed by atoms with Gasteiger partial charge in [0, 0.05) is 42.4 Å². The Labute approximate surface area is 88.7 Å². The molecule has 2 rings (SSSR count). The topological polar surface area (TPSA) is 37.8 Å². The molecule has 1 fully saturated rings. The molecule has 2 heterocycles. The first kappa shape index (κ1) is 9.93. The average molecular weight is 209 g/mol. The SMILES string of the molecule is Cc1nccc(CC2CSCCN2)n1. The van der Waals surface area contributed by atoms with E-state index in [0.717, 1.165) is 24.5 Å². The van der Waals surface area contributed by atoms with Gasteiger partial charge in [-0.15, -0.1) is 0 Å². The Morgan fingerprint density at radius 3 is 3.29 bits per heavy atom. The van der Waals surface area contributed by atoms with Crippen LogP contribution in [0.2, 0.25) is 0 Å². The number of hydrogen-bond donors (Lipinski definition) is 1. The van der Waals surface area contributed by atoms with Crippen molar-refractivity contribution >= 4 is 11.8 Å². The molecule has 1 atom stereocenters. The normalized spacial score (nSPS) is 22.2. The zero-order valence-electron chi connectivity index (χ0n) is 8.36. The van der Waals surface area contributed by atoms with E-state index in [1.807, 2.05) is 30.9 Å². The van der Waals surface area contributed by atoms with Crippen LogP contribution in [0.25, 0.3) is 0 Å². The molecule has 3 nitrogen and oxygen atoms in total. The Morgan fingerprint density at radius 2 is 2.57 bits per heavy atom. The molecule has 1 aromatic rings. The molecule has 4 heteroatoms. The summed E-state index contributed by atoms with van der Waals surface area (Å²) >= 11 is 2.02. The largest absolute Gasteiger partial charge is 0.312 e. The minimum absolute atomic E-state index is 0.586. The number of hydrogen-bond acceptors (Lipinski definition) is 4. The predicted octanol–water partition coefficient (Wildman–Crippen LogP) is 1.03. The van der Waals surface area contributed by atoms with Crippen molar-refractivity contribution in [1.29, 1.82) is 0 Å². The van der Waals surface area contributed by atoms with E-state index >= 15 is 0 Å². The van der Waals surface area contributed by atoms with E-state index in [1.165, 1.54) is 11.5 Å². The van der Waals surface area contributed by atoms with Gasteiger partial charge in [0.15, 0.2) is 0 Å². The maximum Gasteiger partial charge on any atom is 0.125 e. The summed E-state index contributed by atoms with van der Waals surface area (Å²) in [6.45, 7) is 3.06. The lowest BCUT2D eigenvalue weighted by Crippen LogP contribution is -2.39. The Balaban J connectivity index is 1.95. The number of aryl methyl sites for hydroxylation is 1. The van der Waals surface area contributed by atoms with Crippen LogP contribution in [-0.2, 0) is 6.42 Å². The van der Waals surface area contributed by atoms with E-state index in [4.69, 9.17) is 0 Å². The lowest BCUT2D eigenvalue weighted by molar-refractivity contribution is 0.556. The van der Waals surface area contributed by atoms with Crippen LogP contribution in [0.3, 0.4) is 0 Å². The van der Waals surface area contributed by atoms with Crippen LogP contribution in [-0.4, -0.2) is 34.1 Å². The van der Waals surface area contributed by atoms with Crippen LogP contribution in [0.1, 0.15) is 11.5 Å². The molecule has 0 radical (unpaired) electrons. The highest BCUT2D eigenvalue weighted by Gasteiger charge is 2.13. The summed E-state index contributed by atoms with van der Waals surface area (Å²) in [5, 5.41) is 3.51. The van der Waals surface area contributed by atoms with Gasteiger partial charge in [-0.3, -0.25) is 0 Å². The molecule has 76 valence electrons. The standard InChI is InChI=1S/C10H15N3S/c1-8-11-3-2-9(13-8)6-10-7-14-5-4-12-10/h2-3,10,12H,4-7H2,1H3. The van der Waals surface area contributed by atoms with Gasteiger partial charge in [0.2, 0.25) is 0 Å². The molecule has 0 aromatic carbocycles. The van der Waals surface area contributed by atoms with E-state index in [2.05, 4.69) is 15.3 Å². The second-order valence-corrected chi connectivity index (χ2v) is 4.68. The molecular formula is C10H15N3S. The van der Waals surface area contributed by atoms with Crippen LogP contribution in [0.5, 0.6) is 0 Å². The summed E-state index contributed by atoms with van der Waals surface area (Å²) in [7, 11) is 0. The van der Waals surface area contributed by atoms with Gasteiger partial charge in [0.05, 0.1) is 0 Å². The summed E-state index contributed by atoms with van der Waals surface area (Å²) < 4.78 is 0. The van der Waals surface area contributed by atoms with Gasteiger partial charge in [-0.05, 0) is 13.0 Å². The van der Waals surface area contributed by atoms with E-state index in [9.17, 15) is 0 Å². The monoisotopic (exact) mass is 209 g/mol. The van der Waals surface area contributed by atoms with Crippen molar-refractivity contribution in [2.75, 3.05) is 18.1 Å². The highest BCUT2D eigenvalue weighted by molar-refractivity contribution is 7.99. The fourth-order valence-electron chi connectivity index (χ4n) is 1.62.